The largest absolute Gasteiger partial charge is 0.483 e. The molecule has 0 unspecified atom stereocenters. The molecule has 1 amide bonds. The molecule has 0 spiro atoms. The number of hydrazone groups is 1. The molecule has 4 heteroatoms. The smallest absolute Gasteiger partial charge is 0.277 e. The highest BCUT2D eigenvalue weighted by molar-refractivity contribution is 5.99. The summed E-state index contributed by atoms with van der Waals surface area (Å²) in [6.07, 6.45) is 0. The van der Waals surface area contributed by atoms with Gasteiger partial charge < -0.3 is 4.74 Å². The molecular weight excluding hydrogens is 372 g/mol. The van der Waals surface area contributed by atoms with E-state index in [1.54, 1.807) is 0 Å². The van der Waals surface area contributed by atoms with Crippen LogP contribution in [-0.4, -0.2) is 18.2 Å². The number of hydrogen-bond donors (Lipinski definition) is 1. The normalized spacial score (nSPS) is 11.8. The van der Waals surface area contributed by atoms with Crippen LogP contribution < -0.4 is 10.2 Å². The molecule has 0 fully saturated rings. The zero-order valence-corrected chi connectivity index (χ0v) is 18.0. The Morgan fingerprint density at radius 3 is 2.20 bits per heavy atom. The lowest BCUT2D eigenvalue weighted by atomic mass is 9.86. The summed E-state index contributed by atoms with van der Waals surface area (Å²) < 4.78 is 5.76. The minimum absolute atomic E-state index is 0.102. The van der Waals surface area contributed by atoms with Crippen LogP contribution in [0.25, 0.3) is 11.1 Å². The van der Waals surface area contributed by atoms with E-state index in [0.717, 1.165) is 22.4 Å². The molecule has 0 heterocycles. The molecule has 0 aliphatic carbocycles. The fourth-order valence-corrected chi connectivity index (χ4v) is 3.05. The van der Waals surface area contributed by atoms with Gasteiger partial charge in [0.05, 0.1) is 5.71 Å². The molecule has 0 atom stereocenters. The fraction of sp³-hybridized carbons (Fsp3) is 0.231. The average Bonchev–Trinajstić information content (AvgIpc) is 2.76. The molecule has 3 rings (SSSR count). The third-order valence-corrected chi connectivity index (χ3v) is 4.85. The van der Waals surface area contributed by atoms with Crippen molar-refractivity contribution in [2.75, 3.05) is 6.61 Å². The van der Waals surface area contributed by atoms with Gasteiger partial charge >= 0.3 is 0 Å². The quantitative estimate of drug-likeness (QED) is 0.434. The van der Waals surface area contributed by atoms with Crippen LogP contribution >= 0.6 is 0 Å². The van der Waals surface area contributed by atoms with Gasteiger partial charge in [-0.25, -0.2) is 5.43 Å². The topological polar surface area (TPSA) is 50.7 Å². The van der Waals surface area contributed by atoms with Gasteiger partial charge in [0.15, 0.2) is 6.61 Å². The maximum Gasteiger partial charge on any atom is 0.277 e. The van der Waals surface area contributed by atoms with E-state index in [4.69, 9.17) is 4.74 Å². The summed E-state index contributed by atoms with van der Waals surface area (Å²) in [5.41, 5.74) is 7.65. The molecule has 0 bridgehead atoms. The Balaban J connectivity index is 1.60. The first-order valence-corrected chi connectivity index (χ1v) is 10.1. The van der Waals surface area contributed by atoms with Gasteiger partial charge in [-0.05, 0) is 35.1 Å². The van der Waals surface area contributed by atoms with Crippen LogP contribution in [-0.2, 0) is 10.2 Å². The van der Waals surface area contributed by atoms with Gasteiger partial charge in [0.1, 0.15) is 5.75 Å². The number of hydrogen-bond acceptors (Lipinski definition) is 3. The van der Waals surface area contributed by atoms with Crippen LogP contribution in [0, 0.1) is 0 Å². The van der Waals surface area contributed by atoms with Crippen molar-refractivity contribution in [2.45, 2.75) is 33.1 Å². The predicted molar refractivity (Wildman–Crippen MR) is 123 cm³/mol. The van der Waals surface area contributed by atoms with Crippen LogP contribution in [0.15, 0.2) is 84.0 Å². The first-order chi connectivity index (χ1) is 14.3. The second-order valence-corrected chi connectivity index (χ2v) is 8.21. The Bertz CT molecular complexity index is 1020. The lowest BCUT2D eigenvalue weighted by Crippen LogP contribution is -2.25. The summed E-state index contributed by atoms with van der Waals surface area (Å²) in [6.45, 7) is 8.30. The lowest BCUT2D eigenvalue weighted by molar-refractivity contribution is -0.123. The Morgan fingerprint density at radius 1 is 0.900 bits per heavy atom. The maximum atomic E-state index is 12.2. The van der Waals surface area contributed by atoms with Gasteiger partial charge in [0, 0.05) is 5.56 Å². The molecule has 0 aliphatic rings. The number of ether oxygens (including phenoxy) is 1. The van der Waals surface area contributed by atoms with Gasteiger partial charge in [-0.2, -0.15) is 5.10 Å². The summed E-state index contributed by atoms with van der Waals surface area (Å²) in [5.74, 6) is 0.362. The Kier molecular flexibility index (Phi) is 6.68. The molecule has 4 nitrogen and oxygen atoms in total. The summed E-state index contributed by atoms with van der Waals surface area (Å²) in [5, 5.41) is 4.22. The highest BCUT2D eigenvalue weighted by Gasteiger charge is 2.13. The van der Waals surface area contributed by atoms with E-state index in [1.807, 2.05) is 73.7 Å². The monoisotopic (exact) mass is 400 g/mol. The number of para-hydroxylation sites is 1. The number of nitrogens with one attached hydrogen (secondary N) is 1. The third kappa shape index (κ3) is 5.57. The fourth-order valence-electron chi connectivity index (χ4n) is 3.05. The molecule has 154 valence electrons. The molecule has 0 aliphatic heterocycles. The maximum absolute atomic E-state index is 12.2. The zero-order chi connectivity index (χ0) is 21.6. The molecule has 3 aromatic rings. The minimum Gasteiger partial charge on any atom is -0.483 e. The van der Waals surface area contributed by atoms with E-state index in [1.165, 1.54) is 5.56 Å². The van der Waals surface area contributed by atoms with Gasteiger partial charge in [-0.3, -0.25) is 4.79 Å². The van der Waals surface area contributed by atoms with Crippen LogP contribution in [0.4, 0.5) is 0 Å². The average molecular weight is 401 g/mol. The van der Waals surface area contributed by atoms with Crippen molar-refractivity contribution < 1.29 is 9.53 Å². The van der Waals surface area contributed by atoms with Gasteiger partial charge in [0.25, 0.3) is 5.91 Å². The van der Waals surface area contributed by atoms with Crippen molar-refractivity contribution in [3.8, 4) is 16.9 Å². The molecule has 0 aromatic heterocycles. The predicted octanol–water partition coefficient (Wildman–Crippen LogP) is 5.57. The van der Waals surface area contributed by atoms with E-state index >= 15 is 0 Å². The molecule has 0 radical (unpaired) electrons. The number of nitrogens with zero attached hydrogens (tertiary/aromatic N) is 1. The Labute approximate surface area is 178 Å². The van der Waals surface area contributed by atoms with Gasteiger partial charge in [-0.1, -0.05) is 93.6 Å². The molecule has 0 saturated heterocycles. The first-order valence-electron chi connectivity index (χ1n) is 10.1. The number of amides is 1. The lowest BCUT2D eigenvalue weighted by Gasteiger charge is -2.19. The molecule has 1 N–H and O–H groups in total. The summed E-state index contributed by atoms with van der Waals surface area (Å²) in [6, 6.07) is 25.9. The summed E-state index contributed by atoms with van der Waals surface area (Å²) in [4.78, 5) is 12.2. The SMILES string of the molecule is C/C(=N/NC(=O)COc1ccccc1-c1ccccc1)c1ccc(C(C)(C)C)cc1. The van der Waals surface area contributed by atoms with E-state index in [-0.39, 0.29) is 17.9 Å². The van der Waals surface area contributed by atoms with Gasteiger partial charge in [0.2, 0.25) is 0 Å². The van der Waals surface area contributed by atoms with Crippen LogP contribution in [0.5, 0.6) is 5.75 Å². The highest BCUT2D eigenvalue weighted by atomic mass is 16.5. The number of carbonyl (C=O) groups excluding carboxylic acids is 1. The van der Waals surface area contributed by atoms with Crippen molar-refractivity contribution in [1.82, 2.24) is 5.43 Å². The van der Waals surface area contributed by atoms with E-state index in [0.29, 0.717) is 5.75 Å². The van der Waals surface area contributed by atoms with Crippen LogP contribution in [0.2, 0.25) is 0 Å². The van der Waals surface area contributed by atoms with Crippen molar-refractivity contribution in [2.24, 2.45) is 5.10 Å². The number of rotatable bonds is 6. The van der Waals surface area contributed by atoms with Crippen LogP contribution in [0.3, 0.4) is 0 Å². The zero-order valence-electron chi connectivity index (χ0n) is 18.0. The molecule has 0 saturated carbocycles. The second kappa shape index (κ2) is 9.40. The highest BCUT2D eigenvalue weighted by Crippen LogP contribution is 2.29. The Morgan fingerprint density at radius 2 is 1.53 bits per heavy atom. The van der Waals surface area contributed by atoms with E-state index in [2.05, 4.69) is 43.4 Å². The third-order valence-electron chi connectivity index (χ3n) is 4.85. The molecule has 3 aromatic carbocycles. The van der Waals surface area contributed by atoms with E-state index in [9.17, 15) is 4.79 Å². The second-order valence-electron chi connectivity index (χ2n) is 8.21. The van der Waals surface area contributed by atoms with Crippen molar-refractivity contribution >= 4 is 11.6 Å². The van der Waals surface area contributed by atoms with Crippen molar-refractivity contribution in [1.29, 1.82) is 0 Å². The Hall–Kier alpha value is -3.40. The first kappa shape index (κ1) is 21.3. The van der Waals surface area contributed by atoms with Crippen LogP contribution in [0.1, 0.15) is 38.8 Å². The van der Waals surface area contributed by atoms with Gasteiger partial charge in [-0.15, -0.1) is 0 Å². The van der Waals surface area contributed by atoms with Crippen molar-refractivity contribution in [3.05, 3.63) is 90.0 Å². The standard InChI is InChI=1S/C26H28N2O2/c1-19(20-14-16-22(17-15-20)26(2,3)4)27-28-25(29)18-30-24-13-9-8-12-23(24)21-10-6-5-7-11-21/h5-17H,18H2,1-4H3,(H,28,29)/b27-19-. The number of benzene rings is 3. The summed E-state index contributed by atoms with van der Waals surface area (Å²) >= 11 is 0. The van der Waals surface area contributed by atoms with E-state index < -0.39 is 0 Å². The van der Waals surface area contributed by atoms with Crippen molar-refractivity contribution in [3.63, 3.8) is 0 Å². The molecular formula is C26H28N2O2. The minimum atomic E-state index is -0.302. The summed E-state index contributed by atoms with van der Waals surface area (Å²) in [7, 11) is 0. The number of carbonyl (C=O) groups is 1. The molecule has 30 heavy (non-hydrogen) atoms.